The van der Waals surface area contributed by atoms with E-state index in [1.54, 1.807) is 23.0 Å². The Morgan fingerprint density at radius 1 is 1.14 bits per heavy atom. The zero-order valence-electron chi connectivity index (χ0n) is 20.7. The van der Waals surface area contributed by atoms with Crippen LogP contribution in [-0.2, 0) is 26.3 Å². The fourth-order valence-electron chi connectivity index (χ4n) is 5.54. The monoisotopic (exact) mass is 491 g/mol. The molecule has 1 spiro atoms. The number of carbonyl (C=O) groups is 3. The number of hydrogen-bond acceptors (Lipinski definition) is 5. The molecule has 3 N–H and O–H groups in total. The fraction of sp³-hybridized carbons (Fsp3) is 0.481. The van der Waals surface area contributed by atoms with Crippen molar-refractivity contribution in [1.82, 2.24) is 15.1 Å². The van der Waals surface area contributed by atoms with Gasteiger partial charge in [0.25, 0.3) is 11.8 Å². The highest BCUT2D eigenvalue weighted by atomic mass is 16.5. The predicted octanol–water partition coefficient (Wildman–Crippen LogP) is 3.88. The Morgan fingerprint density at radius 3 is 2.67 bits per heavy atom. The molecule has 190 valence electrons. The summed E-state index contributed by atoms with van der Waals surface area (Å²) in [5.41, 5.74) is 3.40. The Bertz CT molecular complexity index is 1200. The number of ether oxygens (including phenoxy) is 1. The van der Waals surface area contributed by atoms with Gasteiger partial charge in [0, 0.05) is 37.3 Å². The van der Waals surface area contributed by atoms with Crippen molar-refractivity contribution in [3.8, 4) is 0 Å². The first-order valence-corrected chi connectivity index (χ1v) is 12.9. The van der Waals surface area contributed by atoms with Crippen LogP contribution in [0.1, 0.15) is 74.3 Å². The number of amides is 3. The quantitative estimate of drug-likeness (QED) is 0.531. The summed E-state index contributed by atoms with van der Waals surface area (Å²) >= 11 is 0. The summed E-state index contributed by atoms with van der Waals surface area (Å²) < 4.78 is 7.14. The van der Waals surface area contributed by atoms with Crippen LogP contribution in [0.3, 0.4) is 0 Å². The van der Waals surface area contributed by atoms with Crippen molar-refractivity contribution >= 4 is 29.1 Å². The van der Waals surface area contributed by atoms with Crippen molar-refractivity contribution in [3.63, 3.8) is 0 Å². The van der Waals surface area contributed by atoms with Crippen molar-refractivity contribution in [3.05, 3.63) is 53.0 Å². The van der Waals surface area contributed by atoms with E-state index in [0.717, 1.165) is 55.3 Å². The van der Waals surface area contributed by atoms with E-state index in [2.05, 4.69) is 21.0 Å². The van der Waals surface area contributed by atoms with Crippen molar-refractivity contribution in [1.29, 1.82) is 0 Å². The lowest BCUT2D eigenvalue weighted by Gasteiger charge is -2.31. The minimum Gasteiger partial charge on any atom is -0.381 e. The maximum Gasteiger partial charge on any atom is 0.274 e. The molecule has 1 saturated heterocycles. The number of rotatable bonds is 6. The number of aryl methyl sites for hydroxylation is 1. The van der Waals surface area contributed by atoms with E-state index in [9.17, 15) is 14.4 Å². The molecule has 0 bridgehead atoms. The number of hydrogen-bond donors (Lipinski definition) is 3. The van der Waals surface area contributed by atoms with Gasteiger partial charge in [0.05, 0.1) is 5.41 Å². The molecule has 9 heteroatoms. The third kappa shape index (κ3) is 4.55. The standard InChI is InChI=1S/C27H33N5O4/c1-2-14-32-22(10-13-28-32)24(33)31-23(18-6-4-3-5-7-18)25(34)29-19-8-9-20-21(17-19)30-26(35)27(20)11-15-36-16-12-27/h8-10,13,17H,2-7,11-12,14-16H2,1H3,(H,29,34)(H,30,35)(H,31,33). The second-order valence-electron chi connectivity index (χ2n) is 9.80. The van der Waals surface area contributed by atoms with Gasteiger partial charge in [-0.25, -0.2) is 0 Å². The summed E-state index contributed by atoms with van der Waals surface area (Å²) in [7, 11) is 0. The molecule has 1 aliphatic carbocycles. The van der Waals surface area contributed by atoms with Gasteiger partial charge >= 0.3 is 0 Å². The summed E-state index contributed by atoms with van der Waals surface area (Å²) in [6.07, 6.45) is 8.40. The molecule has 1 aromatic heterocycles. The molecular formula is C27H33N5O4. The Morgan fingerprint density at radius 2 is 1.92 bits per heavy atom. The maximum atomic E-state index is 13.5. The molecule has 9 nitrogen and oxygen atoms in total. The first-order valence-electron chi connectivity index (χ1n) is 12.9. The molecule has 2 fully saturated rings. The number of anilines is 2. The molecule has 3 aliphatic rings. The second kappa shape index (κ2) is 10.3. The highest BCUT2D eigenvalue weighted by Gasteiger charge is 2.47. The Hall–Kier alpha value is -3.46. The first kappa shape index (κ1) is 24.2. The molecule has 2 aliphatic heterocycles. The van der Waals surface area contributed by atoms with E-state index in [1.807, 2.05) is 19.1 Å². The topological polar surface area (TPSA) is 114 Å². The lowest BCUT2D eigenvalue weighted by atomic mass is 9.75. The minimum absolute atomic E-state index is 0.00903. The SMILES string of the molecule is CCCn1nccc1C(=O)NC(C(=O)Nc1ccc2c(c1)NC(=O)C21CCOCC1)=C1CCCCC1. The van der Waals surface area contributed by atoms with E-state index >= 15 is 0 Å². The average Bonchev–Trinajstić information content (AvgIpc) is 3.46. The first-order chi connectivity index (χ1) is 17.5. The molecule has 36 heavy (non-hydrogen) atoms. The molecular weight excluding hydrogens is 458 g/mol. The highest BCUT2D eigenvalue weighted by molar-refractivity contribution is 6.10. The van der Waals surface area contributed by atoms with E-state index in [1.165, 1.54) is 0 Å². The molecule has 1 saturated carbocycles. The molecule has 0 radical (unpaired) electrons. The van der Waals surface area contributed by atoms with Crippen LogP contribution in [0.25, 0.3) is 0 Å². The van der Waals surface area contributed by atoms with Crippen molar-refractivity contribution in [2.24, 2.45) is 0 Å². The third-order valence-corrected chi connectivity index (χ3v) is 7.48. The van der Waals surface area contributed by atoms with Crippen LogP contribution >= 0.6 is 0 Å². The minimum atomic E-state index is -0.555. The van der Waals surface area contributed by atoms with E-state index in [-0.39, 0.29) is 17.7 Å². The van der Waals surface area contributed by atoms with Crippen LogP contribution < -0.4 is 16.0 Å². The van der Waals surface area contributed by atoms with Gasteiger partial charge in [0.1, 0.15) is 11.4 Å². The zero-order valence-corrected chi connectivity index (χ0v) is 20.7. The van der Waals surface area contributed by atoms with Crippen LogP contribution in [0.4, 0.5) is 11.4 Å². The highest BCUT2D eigenvalue weighted by Crippen LogP contribution is 2.45. The number of benzene rings is 1. The van der Waals surface area contributed by atoms with Crippen LogP contribution in [-0.4, -0.2) is 40.7 Å². The summed E-state index contributed by atoms with van der Waals surface area (Å²) in [6, 6.07) is 7.22. The van der Waals surface area contributed by atoms with Crippen molar-refractivity contribution < 1.29 is 19.1 Å². The lowest BCUT2D eigenvalue weighted by molar-refractivity contribution is -0.124. The average molecular weight is 492 g/mol. The predicted molar refractivity (Wildman–Crippen MR) is 136 cm³/mol. The van der Waals surface area contributed by atoms with Crippen LogP contribution in [0, 0.1) is 0 Å². The number of aromatic nitrogens is 2. The Labute approximate surface area is 210 Å². The molecule has 2 aromatic rings. The largest absolute Gasteiger partial charge is 0.381 e. The normalized spacial score (nSPS) is 18.5. The van der Waals surface area contributed by atoms with Crippen LogP contribution in [0.5, 0.6) is 0 Å². The number of allylic oxidation sites excluding steroid dienone is 1. The third-order valence-electron chi connectivity index (χ3n) is 7.48. The van der Waals surface area contributed by atoms with Gasteiger partial charge in [-0.15, -0.1) is 0 Å². The van der Waals surface area contributed by atoms with E-state index in [4.69, 9.17) is 4.74 Å². The summed E-state index contributed by atoms with van der Waals surface area (Å²) in [6.45, 7) is 3.76. The zero-order chi connectivity index (χ0) is 25.1. The number of nitrogens with zero attached hydrogens (tertiary/aromatic N) is 2. The van der Waals surface area contributed by atoms with Crippen molar-refractivity contribution in [2.45, 2.75) is 70.3 Å². The van der Waals surface area contributed by atoms with Crippen molar-refractivity contribution in [2.75, 3.05) is 23.8 Å². The summed E-state index contributed by atoms with van der Waals surface area (Å²) in [5, 5.41) is 13.1. The second-order valence-corrected chi connectivity index (χ2v) is 9.80. The number of carbonyl (C=O) groups excluding carboxylic acids is 3. The van der Waals surface area contributed by atoms with Crippen LogP contribution in [0.2, 0.25) is 0 Å². The molecule has 5 rings (SSSR count). The Kier molecular flexibility index (Phi) is 6.91. The fourth-order valence-corrected chi connectivity index (χ4v) is 5.54. The molecule has 1 aromatic carbocycles. The van der Waals surface area contributed by atoms with Gasteiger partial charge < -0.3 is 20.7 Å². The summed E-state index contributed by atoms with van der Waals surface area (Å²) in [5.74, 6) is -0.705. The molecule has 0 unspecified atom stereocenters. The summed E-state index contributed by atoms with van der Waals surface area (Å²) in [4.78, 5) is 39.5. The van der Waals surface area contributed by atoms with Gasteiger partial charge in [-0.3, -0.25) is 19.1 Å². The molecule has 3 heterocycles. The van der Waals surface area contributed by atoms with Gasteiger partial charge in [-0.1, -0.05) is 19.4 Å². The van der Waals surface area contributed by atoms with Gasteiger partial charge in [-0.05, 0) is 74.3 Å². The lowest BCUT2D eigenvalue weighted by Crippen LogP contribution is -2.39. The van der Waals surface area contributed by atoms with Gasteiger partial charge in [0.2, 0.25) is 5.91 Å². The smallest absolute Gasteiger partial charge is 0.274 e. The van der Waals surface area contributed by atoms with E-state index in [0.29, 0.717) is 49.7 Å². The van der Waals surface area contributed by atoms with Crippen LogP contribution in [0.15, 0.2) is 41.7 Å². The number of nitrogens with one attached hydrogen (secondary N) is 3. The van der Waals surface area contributed by atoms with E-state index < -0.39 is 5.41 Å². The van der Waals surface area contributed by atoms with Gasteiger partial charge in [-0.2, -0.15) is 5.10 Å². The Balaban J connectivity index is 1.38. The van der Waals surface area contributed by atoms with Gasteiger partial charge in [0.15, 0.2) is 0 Å². The maximum absolute atomic E-state index is 13.5. The molecule has 3 amide bonds. The number of fused-ring (bicyclic) bond motifs is 2. The molecule has 0 atom stereocenters.